The van der Waals surface area contributed by atoms with E-state index < -0.39 is 0 Å². The van der Waals surface area contributed by atoms with E-state index in [9.17, 15) is 4.79 Å². The lowest BCUT2D eigenvalue weighted by atomic mass is 9.83. The first kappa shape index (κ1) is 20.6. The van der Waals surface area contributed by atoms with Crippen molar-refractivity contribution in [3.05, 3.63) is 70.4 Å². The minimum Gasteiger partial charge on any atom is -0.365 e. The van der Waals surface area contributed by atoms with Crippen molar-refractivity contribution in [3.63, 3.8) is 0 Å². The number of hydrogen-bond acceptors (Lipinski definition) is 3. The summed E-state index contributed by atoms with van der Waals surface area (Å²) in [6.07, 6.45) is 3.67. The molecule has 1 saturated heterocycles. The molecule has 0 radical (unpaired) electrons. The summed E-state index contributed by atoms with van der Waals surface area (Å²) < 4.78 is 8.42. The Bertz CT molecular complexity index is 1130. The molecule has 31 heavy (non-hydrogen) atoms. The highest BCUT2D eigenvalue weighted by Gasteiger charge is 2.43. The smallest absolute Gasteiger partial charge is 0.256 e. The van der Waals surface area contributed by atoms with Crippen LogP contribution in [0.15, 0.2) is 48.7 Å². The van der Waals surface area contributed by atoms with Crippen molar-refractivity contribution in [3.8, 4) is 0 Å². The fourth-order valence-electron chi connectivity index (χ4n) is 4.97. The van der Waals surface area contributed by atoms with Gasteiger partial charge in [0.05, 0.1) is 23.3 Å². The minimum atomic E-state index is -0.236. The number of piperidine rings is 1. The minimum absolute atomic E-state index is 0.0945. The van der Waals surface area contributed by atoms with Crippen molar-refractivity contribution in [1.29, 1.82) is 0 Å². The number of carbonyl (C=O) groups excluding carboxylic acids is 1. The molecule has 0 saturated carbocycles. The monoisotopic (exact) mass is 437 g/mol. The van der Waals surface area contributed by atoms with Crippen LogP contribution in [-0.4, -0.2) is 54.0 Å². The number of carbonyl (C=O) groups is 1. The van der Waals surface area contributed by atoms with Gasteiger partial charge >= 0.3 is 0 Å². The molecule has 0 bridgehead atoms. The predicted molar refractivity (Wildman–Crippen MR) is 124 cm³/mol. The molecule has 2 aromatic carbocycles. The van der Waals surface area contributed by atoms with Gasteiger partial charge in [0.15, 0.2) is 0 Å². The Kier molecular flexibility index (Phi) is 5.29. The second kappa shape index (κ2) is 7.97. The largest absolute Gasteiger partial charge is 0.365 e. The van der Waals surface area contributed by atoms with E-state index in [2.05, 4.69) is 47.8 Å². The number of rotatable bonds is 4. The summed E-state index contributed by atoms with van der Waals surface area (Å²) in [6, 6.07) is 14.3. The van der Waals surface area contributed by atoms with Crippen LogP contribution >= 0.6 is 11.6 Å². The van der Waals surface area contributed by atoms with Gasteiger partial charge in [0, 0.05) is 42.8 Å². The molecule has 162 valence electrons. The molecule has 0 unspecified atom stereocenters. The second-order valence-electron chi connectivity index (χ2n) is 8.93. The van der Waals surface area contributed by atoms with E-state index in [0.29, 0.717) is 24.7 Å². The molecule has 2 aliphatic heterocycles. The van der Waals surface area contributed by atoms with Gasteiger partial charge in [0.1, 0.15) is 0 Å². The first-order valence-electron chi connectivity index (χ1n) is 10.9. The van der Waals surface area contributed by atoms with Gasteiger partial charge in [-0.25, -0.2) is 0 Å². The molecule has 3 aromatic rings. The van der Waals surface area contributed by atoms with Crippen molar-refractivity contribution in [1.82, 2.24) is 14.4 Å². The van der Waals surface area contributed by atoms with E-state index >= 15 is 0 Å². The van der Waals surface area contributed by atoms with E-state index in [0.717, 1.165) is 42.4 Å². The Balaban J connectivity index is 1.39. The van der Waals surface area contributed by atoms with E-state index in [1.54, 1.807) is 0 Å². The maximum absolute atomic E-state index is 13.5. The van der Waals surface area contributed by atoms with Crippen LogP contribution in [0, 0.1) is 0 Å². The van der Waals surface area contributed by atoms with Gasteiger partial charge in [-0.15, -0.1) is 0 Å². The number of aromatic nitrogens is 1. The Hall–Kier alpha value is -2.34. The van der Waals surface area contributed by atoms with Crippen LogP contribution in [0.3, 0.4) is 0 Å². The van der Waals surface area contributed by atoms with Crippen molar-refractivity contribution in [2.24, 2.45) is 0 Å². The molecule has 3 heterocycles. The molecule has 5 rings (SSSR count). The molecule has 6 heteroatoms. The highest BCUT2D eigenvalue weighted by Crippen LogP contribution is 2.44. The molecule has 2 aliphatic rings. The maximum Gasteiger partial charge on any atom is 0.256 e. The number of benzene rings is 2. The topological polar surface area (TPSA) is 37.7 Å². The van der Waals surface area contributed by atoms with E-state index in [1.165, 1.54) is 11.1 Å². The lowest BCUT2D eigenvalue weighted by molar-refractivity contribution is -0.0741. The summed E-state index contributed by atoms with van der Waals surface area (Å²) in [5, 5.41) is 1.66. The summed E-state index contributed by atoms with van der Waals surface area (Å²) in [7, 11) is 4.11. The van der Waals surface area contributed by atoms with Crippen LogP contribution in [0.25, 0.3) is 10.9 Å². The number of nitrogens with zero attached hydrogens (tertiary/aromatic N) is 3. The summed E-state index contributed by atoms with van der Waals surface area (Å²) in [6.45, 7) is 3.78. The Morgan fingerprint density at radius 2 is 1.94 bits per heavy atom. The molecule has 0 atom stereocenters. The summed E-state index contributed by atoms with van der Waals surface area (Å²) in [5.41, 5.74) is 4.12. The second-order valence-corrected chi connectivity index (χ2v) is 9.37. The van der Waals surface area contributed by atoms with E-state index in [1.807, 2.05) is 29.3 Å². The summed E-state index contributed by atoms with van der Waals surface area (Å²) >= 11 is 6.27. The van der Waals surface area contributed by atoms with Crippen LogP contribution in [0.4, 0.5) is 0 Å². The van der Waals surface area contributed by atoms with Crippen molar-refractivity contribution < 1.29 is 9.53 Å². The van der Waals surface area contributed by atoms with Gasteiger partial charge < -0.3 is 19.1 Å². The predicted octanol–water partition coefficient (Wildman–Crippen LogP) is 4.52. The molecule has 5 nitrogen and oxygen atoms in total. The average Bonchev–Trinajstić information content (AvgIpc) is 3.31. The van der Waals surface area contributed by atoms with Crippen LogP contribution in [0.2, 0.25) is 5.02 Å². The fraction of sp³-hybridized carbons (Fsp3) is 0.400. The van der Waals surface area contributed by atoms with Gasteiger partial charge in [-0.05, 0) is 50.2 Å². The zero-order valence-corrected chi connectivity index (χ0v) is 18.9. The molecule has 1 spiro atoms. The van der Waals surface area contributed by atoms with Gasteiger partial charge in [-0.2, -0.15) is 0 Å². The molecule has 0 aliphatic carbocycles. The van der Waals surface area contributed by atoms with Gasteiger partial charge in [-0.3, -0.25) is 4.79 Å². The zero-order chi connectivity index (χ0) is 21.6. The lowest BCUT2D eigenvalue weighted by Gasteiger charge is -2.39. The summed E-state index contributed by atoms with van der Waals surface area (Å²) in [4.78, 5) is 17.6. The molecule has 1 aromatic heterocycles. The molecule has 1 fully saturated rings. The van der Waals surface area contributed by atoms with Crippen LogP contribution in [0.1, 0.15) is 34.3 Å². The van der Waals surface area contributed by atoms with Crippen molar-refractivity contribution in [2.45, 2.75) is 31.6 Å². The van der Waals surface area contributed by atoms with Crippen LogP contribution < -0.4 is 0 Å². The highest BCUT2D eigenvalue weighted by molar-refractivity contribution is 6.31. The number of hydrogen-bond donors (Lipinski definition) is 0. The Morgan fingerprint density at radius 3 is 2.71 bits per heavy atom. The lowest BCUT2D eigenvalue weighted by Crippen LogP contribution is -2.45. The van der Waals surface area contributed by atoms with Gasteiger partial charge in [0.25, 0.3) is 5.91 Å². The third-order valence-corrected chi connectivity index (χ3v) is 6.97. The Labute approximate surface area is 188 Å². The molecule has 1 amide bonds. The SMILES string of the molecule is CN(C)CCn1cc(C(=O)N2CCC3(CC2)OCc2ccccc23)c2ccc(Cl)cc21. The molecular formula is C25H28ClN3O2. The zero-order valence-electron chi connectivity index (χ0n) is 18.1. The fourth-order valence-corrected chi connectivity index (χ4v) is 5.13. The standard InChI is InChI=1S/C25H28ClN3O2/c1-27(2)13-14-29-16-21(20-8-7-19(26)15-23(20)29)24(30)28-11-9-25(10-12-28)22-6-4-3-5-18(22)17-31-25/h3-8,15-16H,9-14,17H2,1-2H3. The average molecular weight is 438 g/mol. The number of halogens is 1. The number of amides is 1. The summed E-state index contributed by atoms with van der Waals surface area (Å²) in [5.74, 6) is 0.0945. The normalized spacial score (nSPS) is 17.6. The van der Waals surface area contributed by atoms with Crippen molar-refractivity contribution in [2.75, 3.05) is 33.7 Å². The Morgan fingerprint density at radius 1 is 1.16 bits per heavy atom. The first-order chi connectivity index (χ1) is 15.0. The van der Waals surface area contributed by atoms with Crippen molar-refractivity contribution >= 4 is 28.4 Å². The van der Waals surface area contributed by atoms with Crippen LogP contribution in [-0.2, 0) is 23.5 Å². The van der Waals surface area contributed by atoms with E-state index in [-0.39, 0.29) is 11.5 Å². The maximum atomic E-state index is 13.5. The van der Waals surface area contributed by atoms with Gasteiger partial charge in [-0.1, -0.05) is 41.9 Å². The number of likely N-dealkylation sites (N-methyl/N-ethyl adjacent to an activating group) is 1. The quantitative estimate of drug-likeness (QED) is 0.602. The molecule has 0 N–H and O–H groups in total. The number of ether oxygens (including phenoxy) is 1. The van der Waals surface area contributed by atoms with Crippen LogP contribution in [0.5, 0.6) is 0 Å². The highest BCUT2D eigenvalue weighted by atomic mass is 35.5. The third-order valence-electron chi connectivity index (χ3n) is 6.73. The third kappa shape index (κ3) is 3.65. The number of likely N-dealkylation sites (tertiary alicyclic amines) is 1. The number of fused-ring (bicyclic) bond motifs is 3. The molecular weight excluding hydrogens is 410 g/mol. The van der Waals surface area contributed by atoms with E-state index in [4.69, 9.17) is 16.3 Å². The first-order valence-corrected chi connectivity index (χ1v) is 11.3. The van der Waals surface area contributed by atoms with Gasteiger partial charge in [0.2, 0.25) is 0 Å².